The van der Waals surface area contributed by atoms with Crippen LogP contribution in [0, 0.1) is 0 Å². The molecule has 1 unspecified atom stereocenters. The van der Waals surface area contributed by atoms with Crippen molar-refractivity contribution in [3.05, 3.63) is 0 Å². The zero-order chi connectivity index (χ0) is 17.2. The SMILES string of the molecule is CCC1CCCCN1CCNC(=O)N(CC)CCCN1CCCC1. The van der Waals surface area contributed by atoms with E-state index in [4.69, 9.17) is 0 Å². The number of rotatable bonds is 9. The Morgan fingerprint density at radius 2 is 1.83 bits per heavy atom. The zero-order valence-electron chi connectivity index (χ0n) is 15.9. The summed E-state index contributed by atoms with van der Waals surface area (Å²) >= 11 is 0. The predicted octanol–water partition coefficient (Wildman–Crippen LogP) is 2.77. The van der Waals surface area contributed by atoms with E-state index in [0.717, 1.165) is 45.2 Å². The minimum absolute atomic E-state index is 0.115. The Hall–Kier alpha value is -0.810. The zero-order valence-corrected chi connectivity index (χ0v) is 15.9. The first-order valence-corrected chi connectivity index (χ1v) is 10.2. The van der Waals surface area contributed by atoms with Gasteiger partial charge in [-0.15, -0.1) is 0 Å². The molecule has 140 valence electrons. The van der Waals surface area contributed by atoms with Gasteiger partial charge in [-0.05, 0) is 71.6 Å². The molecule has 5 nitrogen and oxygen atoms in total. The number of carbonyl (C=O) groups excluding carboxylic acids is 1. The number of amides is 2. The van der Waals surface area contributed by atoms with Crippen molar-refractivity contribution in [1.82, 2.24) is 20.0 Å². The highest BCUT2D eigenvalue weighted by molar-refractivity contribution is 5.74. The van der Waals surface area contributed by atoms with Gasteiger partial charge in [0.1, 0.15) is 0 Å². The second kappa shape index (κ2) is 10.9. The Balaban J connectivity index is 1.61. The van der Waals surface area contributed by atoms with Crippen LogP contribution in [0.4, 0.5) is 4.79 Å². The molecule has 2 fully saturated rings. The van der Waals surface area contributed by atoms with E-state index in [-0.39, 0.29) is 6.03 Å². The van der Waals surface area contributed by atoms with Crippen LogP contribution < -0.4 is 5.32 Å². The van der Waals surface area contributed by atoms with Gasteiger partial charge in [-0.3, -0.25) is 4.90 Å². The van der Waals surface area contributed by atoms with Gasteiger partial charge in [0.25, 0.3) is 0 Å². The van der Waals surface area contributed by atoms with E-state index < -0.39 is 0 Å². The highest BCUT2D eigenvalue weighted by Gasteiger charge is 2.20. The van der Waals surface area contributed by atoms with Gasteiger partial charge in [0, 0.05) is 32.2 Å². The Morgan fingerprint density at radius 1 is 1.08 bits per heavy atom. The number of likely N-dealkylation sites (tertiary alicyclic amines) is 2. The smallest absolute Gasteiger partial charge is 0.317 e. The van der Waals surface area contributed by atoms with Crippen LogP contribution in [0.2, 0.25) is 0 Å². The van der Waals surface area contributed by atoms with Gasteiger partial charge < -0.3 is 15.1 Å². The molecule has 2 saturated heterocycles. The molecule has 2 amide bonds. The molecule has 2 aliphatic rings. The number of carbonyl (C=O) groups is 1. The monoisotopic (exact) mass is 338 g/mol. The van der Waals surface area contributed by atoms with E-state index >= 15 is 0 Å². The minimum atomic E-state index is 0.115. The summed E-state index contributed by atoms with van der Waals surface area (Å²) in [6.07, 6.45) is 8.99. The van der Waals surface area contributed by atoms with Crippen molar-refractivity contribution in [1.29, 1.82) is 0 Å². The molecule has 0 radical (unpaired) electrons. The van der Waals surface area contributed by atoms with Crippen molar-refractivity contribution in [3.63, 3.8) is 0 Å². The number of hydrogen-bond acceptors (Lipinski definition) is 3. The standard InChI is InChI=1S/C19H38N4O/c1-3-18-10-5-6-15-23(18)17-11-20-19(24)22(4-2)16-9-14-21-12-7-8-13-21/h18H,3-17H2,1-2H3,(H,20,24). The van der Waals surface area contributed by atoms with Gasteiger partial charge in [-0.1, -0.05) is 13.3 Å². The molecule has 5 heteroatoms. The maximum absolute atomic E-state index is 12.4. The Bertz CT molecular complexity index is 357. The number of hydrogen-bond donors (Lipinski definition) is 1. The van der Waals surface area contributed by atoms with Gasteiger partial charge in [0.2, 0.25) is 0 Å². The van der Waals surface area contributed by atoms with Crippen LogP contribution in [-0.4, -0.2) is 79.1 Å². The number of nitrogens with one attached hydrogen (secondary N) is 1. The molecule has 0 bridgehead atoms. The van der Waals surface area contributed by atoms with E-state index in [9.17, 15) is 4.79 Å². The largest absolute Gasteiger partial charge is 0.337 e. The van der Waals surface area contributed by atoms with Crippen molar-refractivity contribution in [2.45, 2.75) is 64.8 Å². The summed E-state index contributed by atoms with van der Waals surface area (Å²) < 4.78 is 0. The van der Waals surface area contributed by atoms with Crippen LogP contribution in [0.15, 0.2) is 0 Å². The molecule has 0 aromatic heterocycles. The summed E-state index contributed by atoms with van der Waals surface area (Å²) in [6, 6.07) is 0.836. The van der Waals surface area contributed by atoms with E-state index in [1.807, 2.05) is 4.90 Å². The fraction of sp³-hybridized carbons (Fsp3) is 0.947. The molecule has 2 rings (SSSR count). The van der Waals surface area contributed by atoms with E-state index in [1.165, 1.54) is 58.2 Å². The summed E-state index contributed by atoms with van der Waals surface area (Å²) in [5.41, 5.74) is 0. The Morgan fingerprint density at radius 3 is 2.54 bits per heavy atom. The lowest BCUT2D eigenvalue weighted by Crippen LogP contribution is -2.46. The molecule has 0 spiro atoms. The molecule has 0 saturated carbocycles. The molecule has 2 aliphatic heterocycles. The molecular weight excluding hydrogens is 300 g/mol. The summed E-state index contributed by atoms with van der Waals surface area (Å²) in [5.74, 6) is 0. The van der Waals surface area contributed by atoms with E-state index in [0.29, 0.717) is 0 Å². The van der Waals surface area contributed by atoms with Crippen LogP contribution in [-0.2, 0) is 0 Å². The van der Waals surface area contributed by atoms with Gasteiger partial charge in [0.05, 0.1) is 0 Å². The highest BCUT2D eigenvalue weighted by atomic mass is 16.2. The molecular formula is C19H38N4O. The fourth-order valence-electron chi connectivity index (χ4n) is 4.13. The van der Waals surface area contributed by atoms with Crippen molar-refractivity contribution in [2.75, 3.05) is 52.4 Å². The van der Waals surface area contributed by atoms with Gasteiger partial charge in [0.15, 0.2) is 0 Å². The molecule has 24 heavy (non-hydrogen) atoms. The second-order valence-electron chi connectivity index (χ2n) is 7.31. The quantitative estimate of drug-likeness (QED) is 0.702. The van der Waals surface area contributed by atoms with Crippen molar-refractivity contribution in [3.8, 4) is 0 Å². The van der Waals surface area contributed by atoms with Crippen LogP contribution in [0.5, 0.6) is 0 Å². The first kappa shape index (κ1) is 19.5. The first-order chi connectivity index (χ1) is 11.7. The van der Waals surface area contributed by atoms with Crippen molar-refractivity contribution in [2.24, 2.45) is 0 Å². The van der Waals surface area contributed by atoms with Crippen LogP contribution in [0.3, 0.4) is 0 Å². The van der Waals surface area contributed by atoms with Crippen molar-refractivity contribution < 1.29 is 4.79 Å². The maximum atomic E-state index is 12.4. The second-order valence-corrected chi connectivity index (χ2v) is 7.31. The van der Waals surface area contributed by atoms with Crippen LogP contribution in [0.1, 0.15) is 58.8 Å². The topological polar surface area (TPSA) is 38.8 Å². The average Bonchev–Trinajstić information content (AvgIpc) is 3.12. The number of urea groups is 1. The lowest BCUT2D eigenvalue weighted by molar-refractivity contribution is 0.143. The summed E-state index contributed by atoms with van der Waals surface area (Å²) in [5, 5.41) is 3.14. The Labute approximate surface area is 148 Å². The first-order valence-electron chi connectivity index (χ1n) is 10.2. The number of nitrogens with zero attached hydrogens (tertiary/aromatic N) is 3. The molecule has 0 aromatic rings. The third-order valence-electron chi connectivity index (χ3n) is 5.67. The van der Waals surface area contributed by atoms with Crippen molar-refractivity contribution >= 4 is 6.03 Å². The summed E-state index contributed by atoms with van der Waals surface area (Å²) in [6.45, 7) is 12.6. The molecule has 1 atom stereocenters. The molecule has 0 aromatic carbocycles. The normalized spacial score (nSPS) is 22.7. The summed E-state index contributed by atoms with van der Waals surface area (Å²) in [7, 11) is 0. The number of piperidine rings is 1. The maximum Gasteiger partial charge on any atom is 0.317 e. The lowest BCUT2D eigenvalue weighted by atomic mass is 10.0. The van der Waals surface area contributed by atoms with E-state index in [2.05, 4.69) is 29.0 Å². The molecule has 1 N–H and O–H groups in total. The van der Waals surface area contributed by atoms with E-state index in [1.54, 1.807) is 0 Å². The lowest BCUT2D eigenvalue weighted by Gasteiger charge is -2.35. The third kappa shape index (κ3) is 6.25. The predicted molar refractivity (Wildman–Crippen MR) is 100 cm³/mol. The molecule has 2 heterocycles. The van der Waals surface area contributed by atoms with Crippen LogP contribution >= 0.6 is 0 Å². The van der Waals surface area contributed by atoms with Gasteiger partial charge in [-0.2, -0.15) is 0 Å². The Kier molecular flexibility index (Phi) is 8.89. The fourth-order valence-corrected chi connectivity index (χ4v) is 4.13. The summed E-state index contributed by atoms with van der Waals surface area (Å²) in [4.78, 5) is 19.4. The van der Waals surface area contributed by atoms with Gasteiger partial charge in [-0.25, -0.2) is 4.79 Å². The van der Waals surface area contributed by atoms with Gasteiger partial charge >= 0.3 is 6.03 Å². The third-order valence-corrected chi connectivity index (χ3v) is 5.67. The molecule has 0 aliphatic carbocycles. The van der Waals surface area contributed by atoms with Crippen LogP contribution in [0.25, 0.3) is 0 Å². The minimum Gasteiger partial charge on any atom is -0.337 e. The average molecular weight is 339 g/mol. The highest BCUT2D eigenvalue weighted by Crippen LogP contribution is 2.18.